The number of hydrogen-bond donors (Lipinski definition) is 3. The van der Waals surface area contributed by atoms with Crippen LogP contribution in [-0.4, -0.2) is 53.7 Å². The third-order valence-electron chi connectivity index (χ3n) is 4.44. The number of aliphatic hydroxyl groups is 1. The second-order valence-corrected chi connectivity index (χ2v) is 6.05. The summed E-state index contributed by atoms with van der Waals surface area (Å²) < 4.78 is 0. The van der Waals surface area contributed by atoms with Crippen LogP contribution in [0.2, 0.25) is 0 Å². The molecule has 0 atom stereocenters. The van der Waals surface area contributed by atoms with Crippen LogP contribution in [0.1, 0.15) is 44.9 Å². The zero-order chi connectivity index (χ0) is 13.7. The molecule has 1 aliphatic carbocycles. The highest BCUT2D eigenvalue weighted by molar-refractivity contribution is 5.86. The molecule has 0 bridgehead atoms. The third kappa shape index (κ3) is 4.16. The van der Waals surface area contributed by atoms with E-state index in [9.17, 15) is 9.90 Å². The maximum atomic E-state index is 12.0. The van der Waals surface area contributed by atoms with Gasteiger partial charge in [-0.15, -0.1) is 0 Å². The number of piperidine rings is 1. The lowest BCUT2D eigenvalue weighted by atomic mass is 9.98. The summed E-state index contributed by atoms with van der Waals surface area (Å²) in [6, 6.07) is 0. The minimum absolute atomic E-state index is 0.0269. The Labute approximate surface area is 115 Å². The molecule has 0 unspecified atom stereocenters. The zero-order valence-corrected chi connectivity index (χ0v) is 11.7. The van der Waals surface area contributed by atoms with Crippen molar-refractivity contribution in [3.05, 3.63) is 0 Å². The van der Waals surface area contributed by atoms with E-state index in [-0.39, 0.29) is 12.0 Å². The van der Waals surface area contributed by atoms with E-state index in [4.69, 9.17) is 5.73 Å². The van der Waals surface area contributed by atoms with Crippen LogP contribution in [-0.2, 0) is 4.79 Å². The first kappa shape index (κ1) is 14.8. The zero-order valence-electron chi connectivity index (χ0n) is 11.7. The summed E-state index contributed by atoms with van der Waals surface area (Å²) in [7, 11) is 0. The molecule has 5 nitrogen and oxygen atoms in total. The van der Waals surface area contributed by atoms with Crippen LogP contribution < -0.4 is 11.1 Å². The van der Waals surface area contributed by atoms with Crippen molar-refractivity contribution in [2.24, 2.45) is 5.73 Å². The number of carbonyl (C=O) groups is 1. The molecule has 2 aliphatic rings. The topological polar surface area (TPSA) is 78.6 Å². The molecule has 0 aromatic rings. The molecule has 0 aromatic heterocycles. The van der Waals surface area contributed by atoms with Crippen molar-refractivity contribution in [2.75, 3.05) is 26.2 Å². The predicted octanol–water partition coefficient (Wildman–Crippen LogP) is 0.221. The van der Waals surface area contributed by atoms with E-state index >= 15 is 0 Å². The Morgan fingerprint density at radius 2 is 1.95 bits per heavy atom. The molecule has 2 fully saturated rings. The maximum Gasteiger partial charge on any atom is 0.240 e. The number of carbonyl (C=O) groups excluding carboxylic acids is 1. The van der Waals surface area contributed by atoms with E-state index in [1.807, 2.05) is 0 Å². The van der Waals surface area contributed by atoms with Crippen LogP contribution in [0.5, 0.6) is 0 Å². The summed E-state index contributed by atoms with van der Waals surface area (Å²) in [5, 5.41) is 12.4. The Bertz CT molecular complexity index is 295. The van der Waals surface area contributed by atoms with Gasteiger partial charge in [-0.05, 0) is 38.6 Å². The number of nitrogens with zero attached hydrogens (tertiary/aromatic N) is 1. The SMILES string of the molecule is NC1(C(=O)NCCCN2CCC(O)CC2)CCCC1. The standard InChI is InChI=1S/C14H27N3O2/c15-14(6-1-2-7-14)13(19)16-8-3-9-17-10-4-12(18)5-11-17/h12,18H,1-11,15H2,(H,16,19). The van der Waals surface area contributed by atoms with Crippen molar-refractivity contribution < 1.29 is 9.90 Å². The van der Waals surface area contributed by atoms with Crippen LogP contribution >= 0.6 is 0 Å². The minimum atomic E-state index is -0.602. The molecule has 5 heteroatoms. The number of nitrogens with one attached hydrogen (secondary N) is 1. The van der Waals surface area contributed by atoms with Crippen molar-refractivity contribution in [3.63, 3.8) is 0 Å². The van der Waals surface area contributed by atoms with E-state index in [0.29, 0.717) is 6.54 Å². The Balaban J connectivity index is 1.58. The molecule has 1 amide bonds. The van der Waals surface area contributed by atoms with Crippen molar-refractivity contribution >= 4 is 5.91 Å². The molecule has 1 heterocycles. The largest absolute Gasteiger partial charge is 0.393 e. The van der Waals surface area contributed by atoms with Gasteiger partial charge in [0.2, 0.25) is 5.91 Å². The number of aliphatic hydroxyl groups excluding tert-OH is 1. The van der Waals surface area contributed by atoms with Crippen LogP contribution in [0.3, 0.4) is 0 Å². The average molecular weight is 269 g/mol. The first-order chi connectivity index (χ1) is 9.10. The van der Waals surface area contributed by atoms with Gasteiger partial charge in [-0.2, -0.15) is 0 Å². The lowest BCUT2D eigenvalue weighted by molar-refractivity contribution is -0.126. The summed E-state index contributed by atoms with van der Waals surface area (Å²) in [6.07, 6.45) is 6.37. The van der Waals surface area contributed by atoms with Crippen LogP contribution in [0.15, 0.2) is 0 Å². The number of rotatable bonds is 5. The molecule has 0 spiro atoms. The maximum absolute atomic E-state index is 12.0. The van der Waals surface area contributed by atoms with E-state index < -0.39 is 5.54 Å². The van der Waals surface area contributed by atoms with Gasteiger partial charge in [0, 0.05) is 19.6 Å². The van der Waals surface area contributed by atoms with E-state index in [1.54, 1.807) is 0 Å². The first-order valence-electron chi connectivity index (χ1n) is 7.58. The smallest absolute Gasteiger partial charge is 0.240 e. The first-order valence-corrected chi connectivity index (χ1v) is 7.58. The van der Waals surface area contributed by atoms with Gasteiger partial charge in [0.15, 0.2) is 0 Å². The van der Waals surface area contributed by atoms with Crippen LogP contribution in [0.4, 0.5) is 0 Å². The summed E-state index contributed by atoms with van der Waals surface area (Å²) in [4.78, 5) is 14.3. The van der Waals surface area contributed by atoms with E-state index in [2.05, 4.69) is 10.2 Å². The average Bonchev–Trinajstić information content (AvgIpc) is 2.85. The summed E-state index contributed by atoms with van der Waals surface area (Å²) in [5.41, 5.74) is 5.49. The summed E-state index contributed by atoms with van der Waals surface area (Å²) in [5.74, 6) is 0.0269. The van der Waals surface area contributed by atoms with Gasteiger partial charge in [0.25, 0.3) is 0 Å². The Morgan fingerprint density at radius 1 is 1.32 bits per heavy atom. The van der Waals surface area contributed by atoms with Crippen molar-refractivity contribution in [1.82, 2.24) is 10.2 Å². The predicted molar refractivity (Wildman–Crippen MR) is 74.7 cm³/mol. The Kier molecular flexibility index (Phi) is 5.19. The fraction of sp³-hybridized carbons (Fsp3) is 0.929. The normalized spacial score (nSPS) is 24.5. The molecule has 0 aromatic carbocycles. The van der Waals surface area contributed by atoms with E-state index in [1.165, 1.54) is 0 Å². The van der Waals surface area contributed by atoms with Crippen molar-refractivity contribution in [2.45, 2.75) is 56.6 Å². The van der Waals surface area contributed by atoms with Crippen molar-refractivity contribution in [3.8, 4) is 0 Å². The molecule has 4 N–H and O–H groups in total. The molecular formula is C14H27N3O2. The molecule has 1 saturated heterocycles. The van der Waals surface area contributed by atoms with Gasteiger partial charge in [-0.3, -0.25) is 4.79 Å². The van der Waals surface area contributed by atoms with Gasteiger partial charge in [-0.1, -0.05) is 12.8 Å². The number of hydrogen-bond acceptors (Lipinski definition) is 4. The molecule has 0 radical (unpaired) electrons. The van der Waals surface area contributed by atoms with Gasteiger partial charge in [0.1, 0.15) is 0 Å². The summed E-state index contributed by atoms with van der Waals surface area (Å²) >= 11 is 0. The third-order valence-corrected chi connectivity index (χ3v) is 4.44. The lowest BCUT2D eigenvalue weighted by Gasteiger charge is -2.29. The van der Waals surface area contributed by atoms with Crippen LogP contribution in [0, 0.1) is 0 Å². The number of amides is 1. The fourth-order valence-electron chi connectivity index (χ4n) is 3.06. The number of nitrogens with two attached hydrogens (primary N) is 1. The molecule has 1 saturated carbocycles. The van der Waals surface area contributed by atoms with Gasteiger partial charge in [0.05, 0.1) is 11.6 Å². The highest BCUT2D eigenvalue weighted by Gasteiger charge is 2.36. The highest BCUT2D eigenvalue weighted by Crippen LogP contribution is 2.27. The molecule has 19 heavy (non-hydrogen) atoms. The minimum Gasteiger partial charge on any atom is -0.393 e. The van der Waals surface area contributed by atoms with Crippen molar-refractivity contribution in [1.29, 1.82) is 0 Å². The van der Waals surface area contributed by atoms with Crippen LogP contribution in [0.25, 0.3) is 0 Å². The lowest BCUT2D eigenvalue weighted by Crippen LogP contribution is -2.52. The van der Waals surface area contributed by atoms with Gasteiger partial charge >= 0.3 is 0 Å². The monoisotopic (exact) mass is 269 g/mol. The van der Waals surface area contributed by atoms with Gasteiger partial charge in [-0.25, -0.2) is 0 Å². The molecule has 1 aliphatic heterocycles. The quantitative estimate of drug-likeness (QED) is 0.624. The van der Waals surface area contributed by atoms with E-state index in [0.717, 1.165) is 64.6 Å². The Hall–Kier alpha value is -0.650. The highest BCUT2D eigenvalue weighted by atomic mass is 16.3. The van der Waals surface area contributed by atoms with Gasteiger partial charge < -0.3 is 21.1 Å². The number of likely N-dealkylation sites (tertiary alicyclic amines) is 1. The molecule has 2 rings (SSSR count). The molecule has 110 valence electrons. The second-order valence-electron chi connectivity index (χ2n) is 6.05. The second kappa shape index (κ2) is 6.68. The fourth-order valence-corrected chi connectivity index (χ4v) is 3.06. The summed E-state index contributed by atoms with van der Waals surface area (Å²) in [6.45, 7) is 3.63. The Morgan fingerprint density at radius 3 is 2.58 bits per heavy atom. The molecular weight excluding hydrogens is 242 g/mol.